The fourth-order valence-corrected chi connectivity index (χ4v) is 3.71. The molecule has 6 heteroatoms. The molecule has 1 fully saturated rings. The molecule has 4 rings (SSSR count). The van der Waals surface area contributed by atoms with Crippen molar-refractivity contribution in [3.05, 3.63) is 41.7 Å². The highest BCUT2D eigenvalue weighted by Gasteiger charge is 2.34. The fourth-order valence-electron chi connectivity index (χ4n) is 3.71. The Bertz CT molecular complexity index is 715. The van der Waals surface area contributed by atoms with Crippen LogP contribution in [0.1, 0.15) is 17.5 Å². The van der Waals surface area contributed by atoms with Gasteiger partial charge in [0.15, 0.2) is 11.5 Å². The van der Waals surface area contributed by atoms with Gasteiger partial charge in [0.2, 0.25) is 6.79 Å². The summed E-state index contributed by atoms with van der Waals surface area (Å²) in [5.41, 5.74) is 2.49. The van der Waals surface area contributed by atoms with Gasteiger partial charge in [-0.1, -0.05) is 6.07 Å². The molecule has 0 N–H and O–H groups in total. The number of aromatic nitrogens is 2. The Balaban J connectivity index is 1.50. The maximum atomic E-state index is 5.73. The molecule has 0 aliphatic carbocycles. The molecule has 0 unspecified atom stereocenters. The van der Waals surface area contributed by atoms with E-state index >= 15 is 0 Å². The average molecular weight is 329 g/mol. The summed E-state index contributed by atoms with van der Waals surface area (Å²) in [5, 5.41) is 4.28. The number of hydrogen-bond acceptors (Lipinski definition) is 5. The third-order valence-corrected chi connectivity index (χ3v) is 4.93. The van der Waals surface area contributed by atoms with E-state index in [1.807, 2.05) is 31.1 Å². The molecule has 1 saturated heterocycles. The lowest BCUT2D eigenvalue weighted by Crippen LogP contribution is -2.37. The maximum absolute atomic E-state index is 5.73. The second kappa shape index (κ2) is 6.45. The molecule has 2 aliphatic rings. The number of rotatable bonds is 5. The summed E-state index contributed by atoms with van der Waals surface area (Å²) >= 11 is 0. The topological polar surface area (TPSA) is 48.8 Å². The maximum Gasteiger partial charge on any atom is 0.231 e. The number of ether oxygens (including phenoxy) is 3. The molecule has 0 radical (unpaired) electrons. The zero-order chi connectivity index (χ0) is 16.5. The van der Waals surface area contributed by atoms with Gasteiger partial charge in [0.05, 0.1) is 12.3 Å². The zero-order valence-electron chi connectivity index (χ0n) is 14.1. The summed E-state index contributed by atoms with van der Waals surface area (Å²) in [4.78, 5) is 2.50. The molecule has 6 nitrogen and oxygen atoms in total. The molecule has 1 aromatic carbocycles. The van der Waals surface area contributed by atoms with Crippen LogP contribution in [0, 0.1) is 0 Å². The van der Waals surface area contributed by atoms with Gasteiger partial charge in [0.25, 0.3) is 0 Å². The number of aryl methyl sites for hydroxylation is 1. The predicted molar refractivity (Wildman–Crippen MR) is 89.1 cm³/mol. The van der Waals surface area contributed by atoms with E-state index in [2.05, 4.69) is 28.3 Å². The van der Waals surface area contributed by atoms with Crippen LogP contribution in [0.2, 0.25) is 0 Å². The summed E-state index contributed by atoms with van der Waals surface area (Å²) in [5.74, 6) is 1.68. The smallest absolute Gasteiger partial charge is 0.231 e. The minimum atomic E-state index is 0.263. The Morgan fingerprint density at radius 2 is 2.12 bits per heavy atom. The van der Waals surface area contributed by atoms with Crippen LogP contribution in [0.25, 0.3) is 0 Å². The number of methoxy groups -OCH3 is 1. The van der Waals surface area contributed by atoms with Gasteiger partial charge in [-0.15, -0.1) is 0 Å². The summed E-state index contributed by atoms with van der Waals surface area (Å²) < 4.78 is 18.5. The predicted octanol–water partition coefficient (Wildman–Crippen LogP) is 1.98. The van der Waals surface area contributed by atoms with Crippen LogP contribution in [0.5, 0.6) is 11.5 Å². The molecule has 0 saturated carbocycles. The van der Waals surface area contributed by atoms with Gasteiger partial charge < -0.3 is 14.2 Å². The molecule has 2 atom stereocenters. The lowest BCUT2D eigenvalue weighted by molar-refractivity contribution is 0.0638. The number of fused-ring (bicyclic) bond motifs is 1. The van der Waals surface area contributed by atoms with Crippen molar-refractivity contribution in [1.29, 1.82) is 0 Å². The van der Waals surface area contributed by atoms with Crippen molar-refractivity contribution in [1.82, 2.24) is 14.7 Å². The lowest BCUT2D eigenvalue weighted by Gasteiger charge is -2.27. The summed E-state index contributed by atoms with van der Waals surface area (Å²) in [6.45, 7) is 2.25. The standard InChI is InChI=1S/C18H23N3O3/c1-20-10-14(9-19-20)7-15-16(22-2)5-6-21(15)11-13-3-4-17-18(8-13)24-12-23-17/h3-4,8-10,15-16H,5-7,11-12H2,1-2H3/t15-,16+/m0/s1. The Morgan fingerprint density at radius 1 is 1.25 bits per heavy atom. The molecule has 2 aromatic rings. The highest BCUT2D eigenvalue weighted by molar-refractivity contribution is 5.44. The molecule has 0 amide bonds. The Labute approximate surface area is 141 Å². The van der Waals surface area contributed by atoms with Gasteiger partial charge in [0.1, 0.15) is 0 Å². The number of nitrogens with zero attached hydrogens (tertiary/aromatic N) is 3. The van der Waals surface area contributed by atoms with E-state index in [0.29, 0.717) is 12.8 Å². The second-order valence-corrected chi connectivity index (χ2v) is 6.51. The molecule has 24 heavy (non-hydrogen) atoms. The Morgan fingerprint density at radius 3 is 2.92 bits per heavy atom. The largest absolute Gasteiger partial charge is 0.454 e. The van der Waals surface area contributed by atoms with Crippen LogP contribution in [-0.4, -0.2) is 47.3 Å². The first-order chi connectivity index (χ1) is 11.7. The number of hydrogen-bond donors (Lipinski definition) is 0. The molecule has 3 heterocycles. The van der Waals surface area contributed by atoms with E-state index < -0.39 is 0 Å². The SMILES string of the molecule is CO[C@@H]1CCN(Cc2ccc3c(c2)OCO3)[C@H]1Cc1cnn(C)c1. The first-order valence-electron chi connectivity index (χ1n) is 8.36. The monoisotopic (exact) mass is 329 g/mol. The van der Waals surface area contributed by atoms with E-state index in [9.17, 15) is 0 Å². The summed E-state index contributed by atoms with van der Waals surface area (Å²) in [6, 6.07) is 6.57. The molecule has 2 aliphatic heterocycles. The number of benzene rings is 1. The first-order valence-corrected chi connectivity index (χ1v) is 8.36. The number of likely N-dealkylation sites (tertiary alicyclic amines) is 1. The van der Waals surface area contributed by atoms with Crippen LogP contribution in [0.15, 0.2) is 30.6 Å². The van der Waals surface area contributed by atoms with Crippen molar-refractivity contribution in [2.24, 2.45) is 7.05 Å². The normalized spacial score (nSPS) is 23.1. The van der Waals surface area contributed by atoms with E-state index in [-0.39, 0.29) is 6.10 Å². The summed E-state index contributed by atoms with van der Waals surface area (Å²) in [7, 11) is 3.77. The van der Waals surface area contributed by atoms with E-state index in [1.165, 1.54) is 11.1 Å². The molecule has 0 spiro atoms. The highest BCUT2D eigenvalue weighted by Crippen LogP contribution is 2.34. The van der Waals surface area contributed by atoms with E-state index in [1.54, 1.807) is 0 Å². The first kappa shape index (κ1) is 15.5. The van der Waals surface area contributed by atoms with Crippen molar-refractivity contribution >= 4 is 0 Å². The van der Waals surface area contributed by atoms with Crippen LogP contribution >= 0.6 is 0 Å². The van der Waals surface area contributed by atoms with Gasteiger partial charge in [-0.25, -0.2) is 0 Å². The van der Waals surface area contributed by atoms with Crippen molar-refractivity contribution in [3.8, 4) is 11.5 Å². The Kier molecular flexibility index (Phi) is 4.16. The van der Waals surface area contributed by atoms with E-state index in [0.717, 1.165) is 37.4 Å². The second-order valence-electron chi connectivity index (χ2n) is 6.51. The van der Waals surface area contributed by atoms with Crippen molar-refractivity contribution in [2.45, 2.75) is 31.5 Å². The third kappa shape index (κ3) is 2.99. The van der Waals surface area contributed by atoms with E-state index in [4.69, 9.17) is 14.2 Å². The van der Waals surface area contributed by atoms with Crippen LogP contribution in [0.4, 0.5) is 0 Å². The van der Waals surface area contributed by atoms with Gasteiger partial charge in [-0.3, -0.25) is 9.58 Å². The van der Waals surface area contributed by atoms with Gasteiger partial charge in [0, 0.05) is 39.5 Å². The molecular formula is C18H23N3O3. The zero-order valence-corrected chi connectivity index (χ0v) is 14.1. The molecular weight excluding hydrogens is 306 g/mol. The Hall–Kier alpha value is -2.05. The van der Waals surface area contributed by atoms with Crippen LogP contribution in [0.3, 0.4) is 0 Å². The third-order valence-electron chi connectivity index (χ3n) is 4.93. The quantitative estimate of drug-likeness (QED) is 0.839. The molecule has 1 aromatic heterocycles. The van der Waals surface area contributed by atoms with Crippen molar-refractivity contribution in [2.75, 3.05) is 20.4 Å². The fraction of sp³-hybridized carbons (Fsp3) is 0.500. The molecule has 128 valence electrons. The minimum Gasteiger partial charge on any atom is -0.454 e. The van der Waals surface area contributed by atoms with Crippen LogP contribution in [-0.2, 0) is 24.8 Å². The molecule has 0 bridgehead atoms. The van der Waals surface area contributed by atoms with Gasteiger partial charge >= 0.3 is 0 Å². The van der Waals surface area contributed by atoms with Crippen molar-refractivity contribution < 1.29 is 14.2 Å². The van der Waals surface area contributed by atoms with Gasteiger partial charge in [-0.05, 0) is 36.1 Å². The average Bonchev–Trinajstić information content (AvgIpc) is 3.29. The van der Waals surface area contributed by atoms with Crippen molar-refractivity contribution in [3.63, 3.8) is 0 Å². The van der Waals surface area contributed by atoms with Crippen LogP contribution < -0.4 is 9.47 Å². The summed E-state index contributed by atoms with van der Waals surface area (Å²) in [6.07, 6.45) is 6.32. The minimum absolute atomic E-state index is 0.263. The lowest BCUT2D eigenvalue weighted by atomic mass is 10.0. The highest BCUT2D eigenvalue weighted by atomic mass is 16.7. The van der Waals surface area contributed by atoms with Gasteiger partial charge in [-0.2, -0.15) is 5.10 Å².